The quantitative estimate of drug-likeness (QED) is 0.675. The molecule has 0 aliphatic carbocycles. The van der Waals surface area contributed by atoms with Crippen LogP contribution in [0.4, 0.5) is 17.1 Å². The highest BCUT2D eigenvalue weighted by Gasteiger charge is 2.05. The van der Waals surface area contributed by atoms with Crippen molar-refractivity contribution >= 4 is 23.0 Å². The SMILES string of the molecule is O=C(Nc1ccc(Nc2ccccc2)cc1)c1cc[nH]c1. The number of carbonyl (C=O) groups excluding carboxylic acids is 1. The number of H-pyrrole nitrogens is 1. The maximum atomic E-state index is 11.9. The number of nitrogens with one attached hydrogen (secondary N) is 3. The van der Waals surface area contributed by atoms with Crippen LogP contribution in [0.15, 0.2) is 73.1 Å². The zero-order valence-electron chi connectivity index (χ0n) is 11.3. The Morgan fingerprint density at radius 3 is 2.14 bits per heavy atom. The first-order valence-corrected chi connectivity index (χ1v) is 6.67. The summed E-state index contributed by atoms with van der Waals surface area (Å²) in [5.41, 5.74) is 3.38. The van der Waals surface area contributed by atoms with Crippen molar-refractivity contribution in [3.63, 3.8) is 0 Å². The summed E-state index contributed by atoms with van der Waals surface area (Å²) in [5.74, 6) is -0.125. The van der Waals surface area contributed by atoms with Gasteiger partial charge in [0.25, 0.3) is 5.91 Å². The first-order chi connectivity index (χ1) is 10.3. The maximum absolute atomic E-state index is 11.9. The van der Waals surface area contributed by atoms with Crippen molar-refractivity contribution in [2.75, 3.05) is 10.6 Å². The van der Waals surface area contributed by atoms with E-state index < -0.39 is 0 Å². The van der Waals surface area contributed by atoms with Crippen LogP contribution in [0.5, 0.6) is 0 Å². The molecule has 2 aromatic carbocycles. The second kappa shape index (κ2) is 5.96. The van der Waals surface area contributed by atoms with E-state index in [1.54, 1.807) is 18.5 Å². The van der Waals surface area contributed by atoms with Gasteiger partial charge in [0.2, 0.25) is 0 Å². The Bertz CT molecular complexity index is 704. The molecule has 0 spiro atoms. The molecule has 1 aromatic heterocycles. The molecule has 0 saturated heterocycles. The number of rotatable bonds is 4. The third kappa shape index (κ3) is 3.30. The second-order valence-corrected chi connectivity index (χ2v) is 4.62. The Morgan fingerprint density at radius 1 is 0.810 bits per heavy atom. The molecule has 0 atom stereocenters. The largest absolute Gasteiger partial charge is 0.367 e. The van der Waals surface area contributed by atoms with Gasteiger partial charge in [0, 0.05) is 29.5 Å². The van der Waals surface area contributed by atoms with Gasteiger partial charge in [-0.05, 0) is 42.5 Å². The lowest BCUT2D eigenvalue weighted by atomic mass is 10.2. The minimum absolute atomic E-state index is 0.125. The van der Waals surface area contributed by atoms with Gasteiger partial charge in [-0.1, -0.05) is 18.2 Å². The Balaban J connectivity index is 1.65. The van der Waals surface area contributed by atoms with Crippen molar-refractivity contribution in [3.8, 4) is 0 Å². The van der Waals surface area contributed by atoms with Gasteiger partial charge in [0.1, 0.15) is 0 Å². The Kier molecular flexibility index (Phi) is 3.69. The number of anilines is 3. The van der Waals surface area contributed by atoms with E-state index in [1.165, 1.54) is 0 Å². The second-order valence-electron chi connectivity index (χ2n) is 4.62. The number of benzene rings is 2. The summed E-state index contributed by atoms with van der Waals surface area (Å²) in [7, 11) is 0. The van der Waals surface area contributed by atoms with Gasteiger partial charge >= 0.3 is 0 Å². The van der Waals surface area contributed by atoms with Crippen molar-refractivity contribution in [1.29, 1.82) is 0 Å². The maximum Gasteiger partial charge on any atom is 0.257 e. The summed E-state index contributed by atoms with van der Waals surface area (Å²) < 4.78 is 0. The van der Waals surface area contributed by atoms with Crippen molar-refractivity contribution < 1.29 is 4.79 Å². The standard InChI is InChI=1S/C17H15N3O/c21-17(13-10-11-18-12-13)20-16-8-6-15(7-9-16)19-14-4-2-1-3-5-14/h1-12,18-19H,(H,20,21). The lowest BCUT2D eigenvalue weighted by Crippen LogP contribution is -2.10. The summed E-state index contributed by atoms with van der Waals surface area (Å²) >= 11 is 0. The molecule has 1 heterocycles. The average Bonchev–Trinajstić information content (AvgIpc) is 3.05. The molecule has 3 aromatic rings. The van der Waals surface area contributed by atoms with Gasteiger partial charge in [-0.2, -0.15) is 0 Å². The summed E-state index contributed by atoms with van der Waals surface area (Å²) in [5, 5.41) is 6.14. The zero-order chi connectivity index (χ0) is 14.5. The van der Waals surface area contributed by atoms with E-state index >= 15 is 0 Å². The van der Waals surface area contributed by atoms with E-state index in [0.29, 0.717) is 5.56 Å². The number of para-hydroxylation sites is 1. The molecule has 4 nitrogen and oxygen atoms in total. The number of carbonyl (C=O) groups is 1. The molecule has 0 fully saturated rings. The van der Waals surface area contributed by atoms with E-state index in [0.717, 1.165) is 17.1 Å². The molecule has 21 heavy (non-hydrogen) atoms. The van der Waals surface area contributed by atoms with Gasteiger partial charge in [-0.25, -0.2) is 0 Å². The molecule has 0 aliphatic rings. The summed E-state index contributed by atoms with van der Waals surface area (Å²) in [6, 6.07) is 19.3. The molecule has 104 valence electrons. The molecule has 0 radical (unpaired) electrons. The minimum Gasteiger partial charge on any atom is -0.367 e. The lowest BCUT2D eigenvalue weighted by molar-refractivity contribution is 0.102. The van der Waals surface area contributed by atoms with Gasteiger partial charge in [0.05, 0.1) is 5.56 Å². The molecule has 4 heteroatoms. The van der Waals surface area contributed by atoms with Crippen LogP contribution in [0.1, 0.15) is 10.4 Å². The fourth-order valence-electron chi connectivity index (χ4n) is 1.99. The topological polar surface area (TPSA) is 56.9 Å². The Morgan fingerprint density at radius 2 is 1.48 bits per heavy atom. The first kappa shape index (κ1) is 13.0. The van der Waals surface area contributed by atoms with Crippen LogP contribution in [-0.4, -0.2) is 10.9 Å². The fraction of sp³-hybridized carbons (Fsp3) is 0. The van der Waals surface area contributed by atoms with E-state index in [-0.39, 0.29) is 5.91 Å². The zero-order valence-corrected chi connectivity index (χ0v) is 11.3. The van der Waals surface area contributed by atoms with Crippen LogP contribution in [0.2, 0.25) is 0 Å². The molecule has 0 aliphatic heterocycles. The molecule has 0 unspecified atom stereocenters. The third-order valence-corrected chi connectivity index (χ3v) is 3.07. The van der Waals surface area contributed by atoms with Crippen LogP contribution < -0.4 is 10.6 Å². The number of hydrogen-bond acceptors (Lipinski definition) is 2. The Hall–Kier alpha value is -3.01. The molecule has 0 bridgehead atoms. The third-order valence-electron chi connectivity index (χ3n) is 3.07. The van der Waals surface area contributed by atoms with Crippen LogP contribution in [0.3, 0.4) is 0 Å². The monoisotopic (exact) mass is 277 g/mol. The summed E-state index contributed by atoms with van der Waals surface area (Å²) in [4.78, 5) is 14.8. The van der Waals surface area contributed by atoms with Crippen molar-refractivity contribution in [2.45, 2.75) is 0 Å². The molecule has 0 saturated carbocycles. The summed E-state index contributed by atoms with van der Waals surface area (Å²) in [6.45, 7) is 0. The molecule has 3 rings (SSSR count). The van der Waals surface area contributed by atoms with Gasteiger partial charge < -0.3 is 15.6 Å². The molecule has 1 amide bonds. The van der Waals surface area contributed by atoms with Crippen molar-refractivity contribution in [3.05, 3.63) is 78.6 Å². The van der Waals surface area contributed by atoms with E-state index in [9.17, 15) is 4.79 Å². The summed E-state index contributed by atoms with van der Waals surface area (Å²) in [6.07, 6.45) is 3.39. The number of amides is 1. The average molecular weight is 277 g/mol. The van der Waals surface area contributed by atoms with Crippen LogP contribution in [0, 0.1) is 0 Å². The first-order valence-electron chi connectivity index (χ1n) is 6.67. The van der Waals surface area contributed by atoms with E-state index in [4.69, 9.17) is 0 Å². The highest BCUT2D eigenvalue weighted by Crippen LogP contribution is 2.19. The lowest BCUT2D eigenvalue weighted by Gasteiger charge is -2.08. The van der Waals surface area contributed by atoms with E-state index in [1.807, 2.05) is 54.6 Å². The number of aromatic nitrogens is 1. The predicted octanol–water partition coefficient (Wildman–Crippen LogP) is 4.01. The Labute approximate surface area is 122 Å². The van der Waals surface area contributed by atoms with Crippen LogP contribution in [0.25, 0.3) is 0 Å². The minimum atomic E-state index is -0.125. The van der Waals surface area contributed by atoms with E-state index in [2.05, 4.69) is 15.6 Å². The van der Waals surface area contributed by atoms with Crippen molar-refractivity contribution in [2.24, 2.45) is 0 Å². The molecular weight excluding hydrogens is 262 g/mol. The number of aromatic amines is 1. The van der Waals surface area contributed by atoms with Crippen molar-refractivity contribution in [1.82, 2.24) is 4.98 Å². The molecule has 3 N–H and O–H groups in total. The van der Waals surface area contributed by atoms with Crippen LogP contribution >= 0.6 is 0 Å². The normalized spacial score (nSPS) is 10.1. The highest BCUT2D eigenvalue weighted by atomic mass is 16.1. The fourth-order valence-corrected chi connectivity index (χ4v) is 1.99. The predicted molar refractivity (Wildman–Crippen MR) is 84.9 cm³/mol. The smallest absolute Gasteiger partial charge is 0.257 e. The van der Waals surface area contributed by atoms with Crippen LogP contribution in [-0.2, 0) is 0 Å². The van der Waals surface area contributed by atoms with Gasteiger partial charge in [0.15, 0.2) is 0 Å². The van der Waals surface area contributed by atoms with Gasteiger partial charge in [-0.15, -0.1) is 0 Å². The number of hydrogen-bond donors (Lipinski definition) is 3. The highest BCUT2D eigenvalue weighted by molar-refractivity contribution is 6.04. The van der Waals surface area contributed by atoms with Gasteiger partial charge in [-0.3, -0.25) is 4.79 Å². The molecular formula is C17H15N3O.